The largest absolute Gasteiger partial charge is 0.454 e. The number of hydrogen-bond acceptors (Lipinski definition) is 5. The number of amides is 3. The summed E-state index contributed by atoms with van der Waals surface area (Å²) in [7, 11) is 0. The molecule has 168 valence electrons. The van der Waals surface area contributed by atoms with Crippen molar-refractivity contribution in [1.29, 1.82) is 0 Å². The molecular weight excluding hydrogens is 396 g/mol. The summed E-state index contributed by atoms with van der Waals surface area (Å²) in [5.74, 6) is -1.86. The molecule has 3 amide bonds. The molecule has 31 heavy (non-hydrogen) atoms. The fourth-order valence-electron chi connectivity index (χ4n) is 4.40. The van der Waals surface area contributed by atoms with Crippen LogP contribution in [0.1, 0.15) is 63.5 Å². The van der Waals surface area contributed by atoms with Gasteiger partial charge < -0.3 is 10.1 Å². The topological polar surface area (TPSA) is 92.8 Å². The fourth-order valence-corrected chi connectivity index (χ4v) is 4.40. The van der Waals surface area contributed by atoms with E-state index in [2.05, 4.69) is 31.3 Å². The van der Waals surface area contributed by atoms with Gasteiger partial charge in [-0.15, -0.1) is 0 Å². The second-order valence-corrected chi connectivity index (χ2v) is 8.82. The van der Waals surface area contributed by atoms with Crippen molar-refractivity contribution < 1.29 is 23.9 Å². The molecule has 3 rings (SSSR count). The highest BCUT2D eigenvalue weighted by Gasteiger charge is 2.51. The molecule has 0 unspecified atom stereocenters. The van der Waals surface area contributed by atoms with E-state index in [-0.39, 0.29) is 23.7 Å². The molecule has 0 bridgehead atoms. The fraction of sp³-hybridized carbons (Fsp3) is 0.583. The third-order valence-electron chi connectivity index (χ3n) is 6.33. The van der Waals surface area contributed by atoms with Crippen LogP contribution in [-0.4, -0.2) is 47.8 Å². The smallest absolute Gasteiger partial charge is 0.329 e. The molecule has 0 spiro atoms. The average Bonchev–Trinajstić information content (AvgIpc) is 3.02. The van der Waals surface area contributed by atoms with Gasteiger partial charge in [0.05, 0.1) is 11.8 Å². The van der Waals surface area contributed by atoms with E-state index in [0.717, 1.165) is 23.3 Å². The summed E-state index contributed by atoms with van der Waals surface area (Å²) in [4.78, 5) is 50.6. The standard InChI is InChI=1S/C24H32N2O5/c1-15(2)18-10-8-17(9-11-18)12-13-25-21(27)14-31-24(30)16(3)26-22(28)19-6-4-5-7-20(19)23(26)29/h8-11,15-16,19-20H,4-7,12-14H2,1-3H3,(H,25,27)/t16-,19+,20+/m0/s1. The summed E-state index contributed by atoms with van der Waals surface area (Å²) in [5, 5.41) is 2.73. The number of nitrogens with one attached hydrogen (secondary N) is 1. The molecule has 1 aromatic carbocycles. The van der Waals surface area contributed by atoms with E-state index >= 15 is 0 Å². The molecule has 1 N–H and O–H groups in total. The van der Waals surface area contributed by atoms with Crippen LogP contribution in [0.4, 0.5) is 0 Å². The number of esters is 1. The van der Waals surface area contributed by atoms with Gasteiger partial charge in [-0.25, -0.2) is 4.79 Å². The Balaban J connectivity index is 1.42. The van der Waals surface area contributed by atoms with E-state index in [0.29, 0.717) is 31.7 Å². The van der Waals surface area contributed by atoms with Crippen molar-refractivity contribution in [2.45, 2.75) is 64.8 Å². The number of carbonyl (C=O) groups is 4. The Bertz CT molecular complexity index is 809. The first kappa shape index (κ1) is 23.0. The zero-order valence-electron chi connectivity index (χ0n) is 18.6. The Morgan fingerprint density at radius 2 is 1.61 bits per heavy atom. The van der Waals surface area contributed by atoms with E-state index in [1.807, 2.05) is 12.1 Å². The summed E-state index contributed by atoms with van der Waals surface area (Å²) in [5.41, 5.74) is 2.38. The molecule has 7 nitrogen and oxygen atoms in total. The van der Waals surface area contributed by atoms with Crippen LogP contribution in [0, 0.1) is 11.8 Å². The Morgan fingerprint density at radius 1 is 1.03 bits per heavy atom. The molecule has 2 fully saturated rings. The summed E-state index contributed by atoms with van der Waals surface area (Å²) in [6.45, 7) is 5.76. The summed E-state index contributed by atoms with van der Waals surface area (Å²) < 4.78 is 5.08. The number of rotatable bonds is 8. The van der Waals surface area contributed by atoms with Crippen LogP contribution in [0.5, 0.6) is 0 Å². The van der Waals surface area contributed by atoms with E-state index < -0.39 is 24.5 Å². The average molecular weight is 429 g/mol. The van der Waals surface area contributed by atoms with Crippen LogP contribution in [0.25, 0.3) is 0 Å². The Hall–Kier alpha value is -2.70. The van der Waals surface area contributed by atoms with Crippen LogP contribution in [0.3, 0.4) is 0 Å². The first-order valence-electron chi connectivity index (χ1n) is 11.2. The van der Waals surface area contributed by atoms with Gasteiger partial charge in [-0.05, 0) is 43.2 Å². The lowest BCUT2D eigenvalue weighted by Crippen LogP contribution is -2.45. The Labute approximate surface area is 183 Å². The molecule has 0 radical (unpaired) electrons. The van der Waals surface area contributed by atoms with Gasteiger partial charge >= 0.3 is 5.97 Å². The lowest BCUT2D eigenvalue weighted by atomic mass is 9.81. The lowest BCUT2D eigenvalue weighted by molar-refractivity contribution is -0.159. The van der Waals surface area contributed by atoms with Crippen LogP contribution in [-0.2, 0) is 30.3 Å². The van der Waals surface area contributed by atoms with E-state index in [4.69, 9.17) is 4.74 Å². The van der Waals surface area contributed by atoms with Gasteiger partial charge in [-0.3, -0.25) is 19.3 Å². The molecule has 0 aromatic heterocycles. The second kappa shape index (κ2) is 10.1. The number of likely N-dealkylation sites (tertiary alicyclic amines) is 1. The summed E-state index contributed by atoms with van der Waals surface area (Å²) in [6.07, 6.45) is 3.91. The van der Waals surface area contributed by atoms with E-state index in [1.54, 1.807) is 0 Å². The summed E-state index contributed by atoms with van der Waals surface area (Å²) in [6, 6.07) is 7.25. The molecular formula is C24H32N2O5. The van der Waals surface area contributed by atoms with Crippen LogP contribution >= 0.6 is 0 Å². The van der Waals surface area contributed by atoms with Crippen molar-refractivity contribution in [3.8, 4) is 0 Å². The molecule has 1 aliphatic heterocycles. The minimum absolute atomic E-state index is 0.285. The molecule has 2 aliphatic rings. The van der Waals surface area contributed by atoms with Crippen molar-refractivity contribution in [2.24, 2.45) is 11.8 Å². The number of imide groups is 1. The maximum absolute atomic E-state index is 12.6. The van der Waals surface area contributed by atoms with Crippen LogP contribution < -0.4 is 5.32 Å². The summed E-state index contributed by atoms with van der Waals surface area (Å²) >= 11 is 0. The van der Waals surface area contributed by atoms with Crippen molar-refractivity contribution in [2.75, 3.05) is 13.2 Å². The second-order valence-electron chi connectivity index (χ2n) is 8.82. The van der Waals surface area contributed by atoms with Gasteiger partial charge in [-0.1, -0.05) is 51.0 Å². The van der Waals surface area contributed by atoms with Crippen LogP contribution in [0.2, 0.25) is 0 Å². The number of carbonyl (C=O) groups excluding carboxylic acids is 4. The molecule has 1 aromatic rings. The van der Waals surface area contributed by atoms with Crippen LogP contribution in [0.15, 0.2) is 24.3 Å². The SMILES string of the molecule is CC(C)c1ccc(CCNC(=O)COC(=O)[C@H](C)N2C(=O)[C@@H]3CCCC[C@H]3C2=O)cc1. The van der Waals surface area contributed by atoms with Gasteiger partial charge in [0.1, 0.15) is 6.04 Å². The number of fused-ring (bicyclic) bond motifs is 1. The highest BCUT2D eigenvalue weighted by atomic mass is 16.5. The highest BCUT2D eigenvalue weighted by Crippen LogP contribution is 2.38. The highest BCUT2D eigenvalue weighted by molar-refractivity contribution is 6.07. The van der Waals surface area contributed by atoms with Gasteiger partial charge in [-0.2, -0.15) is 0 Å². The number of benzene rings is 1. The number of hydrogen-bond donors (Lipinski definition) is 1. The van der Waals surface area contributed by atoms with Gasteiger partial charge in [0.25, 0.3) is 5.91 Å². The molecule has 7 heteroatoms. The third kappa shape index (κ3) is 5.32. The molecule has 1 aliphatic carbocycles. The molecule has 1 heterocycles. The van der Waals surface area contributed by atoms with Crippen molar-refractivity contribution >= 4 is 23.7 Å². The predicted molar refractivity (Wildman–Crippen MR) is 115 cm³/mol. The van der Waals surface area contributed by atoms with E-state index in [9.17, 15) is 19.2 Å². The van der Waals surface area contributed by atoms with Gasteiger partial charge in [0.2, 0.25) is 11.8 Å². The number of ether oxygens (including phenoxy) is 1. The Morgan fingerprint density at radius 3 is 2.16 bits per heavy atom. The quantitative estimate of drug-likeness (QED) is 0.507. The zero-order chi connectivity index (χ0) is 22.5. The van der Waals surface area contributed by atoms with E-state index in [1.165, 1.54) is 12.5 Å². The minimum atomic E-state index is -1.02. The Kier molecular flexibility index (Phi) is 7.46. The predicted octanol–water partition coefficient (Wildman–Crippen LogP) is 2.58. The van der Waals surface area contributed by atoms with Crippen molar-refractivity contribution in [3.63, 3.8) is 0 Å². The van der Waals surface area contributed by atoms with Crippen molar-refractivity contribution in [1.82, 2.24) is 10.2 Å². The first-order valence-corrected chi connectivity index (χ1v) is 11.2. The van der Waals surface area contributed by atoms with Gasteiger partial charge in [0, 0.05) is 6.54 Å². The maximum Gasteiger partial charge on any atom is 0.329 e. The minimum Gasteiger partial charge on any atom is -0.454 e. The first-order chi connectivity index (χ1) is 14.8. The number of nitrogens with zero attached hydrogens (tertiary/aromatic N) is 1. The zero-order valence-corrected chi connectivity index (χ0v) is 18.6. The molecule has 1 saturated heterocycles. The monoisotopic (exact) mass is 428 g/mol. The normalized spacial score (nSPS) is 21.7. The van der Waals surface area contributed by atoms with Gasteiger partial charge in [0.15, 0.2) is 6.61 Å². The van der Waals surface area contributed by atoms with Crippen molar-refractivity contribution in [3.05, 3.63) is 35.4 Å². The maximum atomic E-state index is 12.6. The molecule has 1 saturated carbocycles. The lowest BCUT2D eigenvalue weighted by Gasteiger charge is -2.21. The third-order valence-corrected chi connectivity index (χ3v) is 6.33. The molecule has 3 atom stereocenters.